The van der Waals surface area contributed by atoms with Gasteiger partial charge in [-0.3, -0.25) is 0 Å². The largest absolute Gasteiger partial charge is 0.476 e. The Kier molecular flexibility index (Phi) is 5.10. The van der Waals surface area contributed by atoms with E-state index in [2.05, 4.69) is 45.2 Å². The lowest BCUT2D eigenvalue weighted by atomic mass is 9.93. The summed E-state index contributed by atoms with van der Waals surface area (Å²) in [5, 5.41) is 0. The standard InChI is InChI=1S/C15H27NO/c1-6-8-9-10-14-16(11-7-2)15(4,5)12-13(3)17-14/h7,10,13H,2,6,8-9,11-12H2,1,3-5H3/b14-10-. The quantitative estimate of drug-likeness (QED) is 0.527. The average Bonchev–Trinajstić information content (AvgIpc) is 2.22. The van der Waals surface area contributed by atoms with E-state index in [1.165, 1.54) is 12.8 Å². The van der Waals surface area contributed by atoms with Crippen LogP contribution in [0.15, 0.2) is 24.6 Å². The lowest BCUT2D eigenvalue weighted by molar-refractivity contribution is -0.0527. The van der Waals surface area contributed by atoms with E-state index in [0.29, 0.717) is 6.10 Å². The van der Waals surface area contributed by atoms with Gasteiger partial charge in [-0.15, -0.1) is 6.58 Å². The Balaban J connectivity index is 2.81. The van der Waals surface area contributed by atoms with Crippen LogP contribution in [0.2, 0.25) is 0 Å². The molecule has 0 N–H and O–H groups in total. The highest BCUT2D eigenvalue weighted by atomic mass is 16.5. The molecular formula is C15H27NO. The van der Waals surface area contributed by atoms with Gasteiger partial charge < -0.3 is 9.64 Å². The maximum absolute atomic E-state index is 5.97. The summed E-state index contributed by atoms with van der Waals surface area (Å²) in [4.78, 5) is 2.33. The predicted octanol–water partition coefficient (Wildman–Crippen LogP) is 4.09. The van der Waals surface area contributed by atoms with Gasteiger partial charge in [0.15, 0.2) is 5.88 Å². The van der Waals surface area contributed by atoms with Crippen molar-refractivity contribution >= 4 is 0 Å². The first-order chi connectivity index (χ1) is 8.01. The molecule has 2 nitrogen and oxygen atoms in total. The molecule has 1 aliphatic rings. The summed E-state index contributed by atoms with van der Waals surface area (Å²) in [6.45, 7) is 13.6. The highest BCUT2D eigenvalue weighted by molar-refractivity contribution is 5.06. The molecule has 17 heavy (non-hydrogen) atoms. The normalized spacial score (nSPS) is 25.8. The van der Waals surface area contributed by atoms with Gasteiger partial charge in [-0.25, -0.2) is 0 Å². The first-order valence-electron chi connectivity index (χ1n) is 6.76. The Labute approximate surface area is 106 Å². The average molecular weight is 237 g/mol. The summed E-state index contributed by atoms with van der Waals surface area (Å²) in [6, 6.07) is 0. The minimum absolute atomic E-state index is 0.157. The van der Waals surface area contributed by atoms with Gasteiger partial charge in [0.05, 0.1) is 6.10 Å². The van der Waals surface area contributed by atoms with Crippen LogP contribution < -0.4 is 0 Å². The van der Waals surface area contributed by atoms with Crippen molar-refractivity contribution in [2.75, 3.05) is 6.54 Å². The molecule has 1 heterocycles. The molecule has 0 aromatic heterocycles. The van der Waals surface area contributed by atoms with Gasteiger partial charge in [-0.05, 0) is 39.7 Å². The van der Waals surface area contributed by atoms with Crippen molar-refractivity contribution in [1.29, 1.82) is 0 Å². The smallest absolute Gasteiger partial charge is 0.186 e. The van der Waals surface area contributed by atoms with Crippen LogP contribution in [-0.2, 0) is 4.74 Å². The van der Waals surface area contributed by atoms with Crippen molar-refractivity contribution in [2.45, 2.75) is 65.0 Å². The van der Waals surface area contributed by atoms with Crippen molar-refractivity contribution in [1.82, 2.24) is 4.90 Å². The zero-order valence-corrected chi connectivity index (χ0v) is 11.8. The molecule has 0 bridgehead atoms. The summed E-state index contributed by atoms with van der Waals surface area (Å²) in [6.07, 6.45) is 9.11. The summed E-state index contributed by atoms with van der Waals surface area (Å²) in [7, 11) is 0. The summed E-state index contributed by atoms with van der Waals surface area (Å²) in [5.74, 6) is 1.04. The highest BCUT2D eigenvalue weighted by Crippen LogP contribution is 2.33. The molecule has 0 aromatic carbocycles. The topological polar surface area (TPSA) is 12.5 Å². The molecule has 0 amide bonds. The maximum Gasteiger partial charge on any atom is 0.186 e. The second-order valence-corrected chi connectivity index (χ2v) is 5.53. The van der Waals surface area contributed by atoms with Crippen LogP contribution in [0, 0.1) is 0 Å². The molecule has 0 aliphatic carbocycles. The Morgan fingerprint density at radius 1 is 1.53 bits per heavy atom. The number of ether oxygens (including phenoxy) is 1. The van der Waals surface area contributed by atoms with Crippen LogP contribution in [0.3, 0.4) is 0 Å². The maximum atomic E-state index is 5.97. The third-order valence-electron chi connectivity index (χ3n) is 3.29. The molecule has 1 aliphatic heterocycles. The lowest BCUT2D eigenvalue weighted by Crippen LogP contribution is -2.50. The van der Waals surface area contributed by atoms with Gasteiger partial charge in [0, 0.05) is 18.5 Å². The molecule has 1 rings (SSSR count). The summed E-state index contributed by atoms with van der Waals surface area (Å²) in [5.41, 5.74) is 0.157. The van der Waals surface area contributed by atoms with E-state index in [0.717, 1.165) is 25.3 Å². The van der Waals surface area contributed by atoms with Crippen LogP contribution in [0.1, 0.15) is 53.4 Å². The van der Waals surface area contributed by atoms with Crippen LogP contribution in [0.4, 0.5) is 0 Å². The van der Waals surface area contributed by atoms with E-state index in [1.807, 2.05) is 6.08 Å². The van der Waals surface area contributed by atoms with Crippen LogP contribution in [0.25, 0.3) is 0 Å². The molecule has 1 atom stereocenters. The molecule has 2 heteroatoms. The van der Waals surface area contributed by atoms with Gasteiger partial charge >= 0.3 is 0 Å². The van der Waals surface area contributed by atoms with E-state index in [9.17, 15) is 0 Å². The van der Waals surface area contributed by atoms with E-state index >= 15 is 0 Å². The third-order valence-corrected chi connectivity index (χ3v) is 3.29. The molecule has 1 saturated heterocycles. The SMILES string of the molecule is C=CCN1/C(=C/CCCC)OC(C)CC1(C)C. The predicted molar refractivity (Wildman–Crippen MR) is 73.8 cm³/mol. The number of rotatable bonds is 5. The van der Waals surface area contributed by atoms with Crippen molar-refractivity contribution in [3.8, 4) is 0 Å². The molecule has 0 aromatic rings. The molecule has 1 unspecified atom stereocenters. The second kappa shape index (κ2) is 6.13. The fourth-order valence-corrected chi connectivity index (χ4v) is 2.48. The van der Waals surface area contributed by atoms with Gasteiger partial charge in [0.1, 0.15) is 0 Å². The number of unbranched alkanes of at least 4 members (excludes halogenated alkanes) is 2. The first-order valence-corrected chi connectivity index (χ1v) is 6.76. The van der Waals surface area contributed by atoms with E-state index < -0.39 is 0 Å². The summed E-state index contributed by atoms with van der Waals surface area (Å²) < 4.78 is 5.97. The molecule has 0 spiro atoms. The van der Waals surface area contributed by atoms with Gasteiger partial charge in [-0.2, -0.15) is 0 Å². The minimum Gasteiger partial charge on any atom is -0.476 e. The Morgan fingerprint density at radius 2 is 2.24 bits per heavy atom. The van der Waals surface area contributed by atoms with Gasteiger partial charge in [-0.1, -0.05) is 19.4 Å². The fraction of sp³-hybridized carbons (Fsp3) is 0.733. The Hall–Kier alpha value is -0.920. The first kappa shape index (κ1) is 14.1. The number of hydrogen-bond acceptors (Lipinski definition) is 2. The van der Waals surface area contributed by atoms with Crippen LogP contribution >= 0.6 is 0 Å². The minimum atomic E-state index is 0.157. The van der Waals surface area contributed by atoms with Crippen molar-refractivity contribution in [3.05, 3.63) is 24.6 Å². The van der Waals surface area contributed by atoms with Crippen LogP contribution in [-0.4, -0.2) is 23.1 Å². The van der Waals surface area contributed by atoms with Crippen LogP contribution in [0.5, 0.6) is 0 Å². The molecule has 98 valence electrons. The molecule has 0 saturated carbocycles. The van der Waals surface area contributed by atoms with E-state index in [4.69, 9.17) is 4.74 Å². The summed E-state index contributed by atoms with van der Waals surface area (Å²) >= 11 is 0. The zero-order chi connectivity index (χ0) is 12.9. The number of nitrogens with zero attached hydrogens (tertiary/aromatic N) is 1. The number of allylic oxidation sites excluding steroid dienone is 1. The Morgan fingerprint density at radius 3 is 2.82 bits per heavy atom. The van der Waals surface area contributed by atoms with E-state index in [1.54, 1.807) is 0 Å². The Bertz CT molecular complexity index is 281. The van der Waals surface area contributed by atoms with Crippen molar-refractivity contribution in [2.24, 2.45) is 0 Å². The number of hydrogen-bond donors (Lipinski definition) is 0. The molecular weight excluding hydrogens is 210 g/mol. The fourth-order valence-electron chi connectivity index (χ4n) is 2.48. The highest BCUT2D eigenvalue weighted by Gasteiger charge is 2.35. The molecule has 0 radical (unpaired) electrons. The third kappa shape index (κ3) is 3.79. The lowest BCUT2D eigenvalue weighted by Gasteiger charge is -2.47. The van der Waals surface area contributed by atoms with Crippen molar-refractivity contribution in [3.63, 3.8) is 0 Å². The van der Waals surface area contributed by atoms with E-state index in [-0.39, 0.29) is 5.54 Å². The molecule has 1 fully saturated rings. The monoisotopic (exact) mass is 237 g/mol. The van der Waals surface area contributed by atoms with Crippen molar-refractivity contribution < 1.29 is 4.74 Å². The second-order valence-electron chi connectivity index (χ2n) is 5.53. The van der Waals surface area contributed by atoms with Gasteiger partial charge in [0.2, 0.25) is 0 Å². The zero-order valence-electron chi connectivity index (χ0n) is 11.8. The van der Waals surface area contributed by atoms with Gasteiger partial charge in [0.25, 0.3) is 0 Å².